The molecule has 1 atom stereocenters. The van der Waals surface area contributed by atoms with Crippen LogP contribution in [0.15, 0.2) is 23.1 Å². The quantitative estimate of drug-likeness (QED) is 0.841. The topological polar surface area (TPSA) is 72.2 Å². The summed E-state index contributed by atoms with van der Waals surface area (Å²) >= 11 is 5.91. The molecule has 1 aromatic carbocycles. The lowest BCUT2D eigenvalue weighted by molar-refractivity contribution is 0.317. The van der Waals surface area contributed by atoms with Crippen LogP contribution in [0.4, 0.5) is 5.69 Å². The fraction of sp³-hybridized carbons (Fsp3) is 0.500. The first kappa shape index (κ1) is 15.3. The Hall–Kier alpha value is -0.780. The average Bonchev–Trinajstić information content (AvgIpc) is 2.14. The molecule has 0 heterocycles. The van der Waals surface area contributed by atoms with E-state index < -0.39 is 10.0 Å². The smallest absolute Gasteiger partial charge is 0.244 e. The normalized spacial score (nSPS) is 14.5. The number of hydrogen-bond acceptors (Lipinski definition) is 3. The van der Waals surface area contributed by atoms with Gasteiger partial charge in [0.15, 0.2) is 0 Å². The first-order chi connectivity index (χ1) is 8.05. The van der Waals surface area contributed by atoms with Crippen LogP contribution in [0.1, 0.15) is 27.7 Å². The van der Waals surface area contributed by atoms with E-state index >= 15 is 0 Å². The number of nitrogen functional groups attached to an aromatic ring is 1. The van der Waals surface area contributed by atoms with Crippen molar-refractivity contribution >= 4 is 27.3 Å². The van der Waals surface area contributed by atoms with Gasteiger partial charge in [0, 0.05) is 6.04 Å². The van der Waals surface area contributed by atoms with E-state index in [9.17, 15) is 8.42 Å². The van der Waals surface area contributed by atoms with Gasteiger partial charge in [0.05, 0.1) is 10.7 Å². The fourth-order valence-corrected chi connectivity index (χ4v) is 3.40. The number of anilines is 1. The Morgan fingerprint density at radius 3 is 2.33 bits per heavy atom. The minimum atomic E-state index is -3.71. The number of hydrogen-bond donors (Lipinski definition) is 2. The van der Waals surface area contributed by atoms with E-state index in [4.69, 9.17) is 17.3 Å². The van der Waals surface area contributed by atoms with Crippen LogP contribution in [0.5, 0.6) is 0 Å². The van der Waals surface area contributed by atoms with E-state index in [0.717, 1.165) is 0 Å². The summed E-state index contributed by atoms with van der Waals surface area (Å²) in [6, 6.07) is 4.40. The minimum Gasteiger partial charge on any atom is -0.398 e. The van der Waals surface area contributed by atoms with E-state index in [0.29, 0.717) is 0 Å². The minimum absolute atomic E-state index is 0.0530. The van der Waals surface area contributed by atoms with Crippen LogP contribution >= 0.6 is 11.6 Å². The Bertz CT molecular complexity index is 515. The molecule has 6 heteroatoms. The van der Waals surface area contributed by atoms with E-state index in [1.54, 1.807) is 6.07 Å². The SMILES string of the molecule is CC(NS(=O)(=O)c1c(N)cccc1Cl)C(C)(C)C. The molecule has 0 bridgehead atoms. The molecule has 1 rings (SSSR count). The van der Waals surface area contributed by atoms with Crippen LogP contribution < -0.4 is 10.5 Å². The maximum atomic E-state index is 12.3. The van der Waals surface area contributed by atoms with E-state index in [1.165, 1.54) is 12.1 Å². The van der Waals surface area contributed by atoms with E-state index in [2.05, 4.69) is 4.72 Å². The van der Waals surface area contributed by atoms with Gasteiger partial charge in [-0.3, -0.25) is 0 Å². The van der Waals surface area contributed by atoms with Gasteiger partial charge in [-0.25, -0.2) is 13.1 Å². The molecule has 0 saturated heterocycles. The summed E-state index contributed by atoms with van der Waals surface area (Å²) in [6.07, 6.45) is 0. The summed E-state index contributed by atoms with van der Waals surface area (Å²) < 4.78 is 27.1. The Morgan fingerprint density at radius 1 is 1.33 bits per heavy atom. The fourth-order valence-electron chi connectivity index (χ4n) is 1.28. The Kier molecular flexibility index (Phi) is 4.30. The van der Waals surface area contributed by atoms with Gasteiger partial charge >= 0.3 is 0 Å². The van der Waals surface area contributed by atoms with Crippen LogP contribution in [0.2, 0.25) is 5.02 Å². The maximum Gasteiger partial charge on any atom is 0.244 e. The van der Waals surface area contributed by atoms with Crippen LogP contribution in [-0.2, 0) is 10.0 Å². The van der Waals surface area contributed by atoms with Gasteiger partial charge in [-0.15, -0.1) is 0 Å². The molecule has 3 N–H and O–H groups in total. The van der Waals surface area contributed by atoms with Crippen molar-refractivity contribution in [3.63, 3.8) is 0 Å². The van der Waals surface area contributed by atoms with Gasteiger partial charge in [0.2, 0.25) is 10.0 Å². The van der Waals surface area contributed by atoms with Crippen molar-refractivity contribution in [2.24, 2.45) is 5.41 Å². The second-order valence-electron chi connectivity index (χ2n) is 5.37. The third-order valence-electron chi connectivity index (χ3n) is 2.90. The summed E-state index contributed by atoms with van der Waals surface area (Å²) in [6.45, 7) is 7.67. The number of benzene rings is 1. The molecule has 0 saturated carbocycles. The first-order valence-electron chi connectivity index (χ1n) is 5.62. The average molecular weight is 291 g/mol. The predicted octanol–water partition coefficient (Wildman–Crippen LogP) is 2.64. The van der Waals surface area contributed by atoms with E-state index in [1.807, 2.05) is 27.7 Å². The van der Waals surface area contributed by atoms with Gasteiger partial charge in [-0.2, -0.15) is 0 Å². The summed E-state index contributed by atoms with van der Waals surface area (Å²) in [5.74, 6) is 0. The predicted molar refractivity (Wildman–Crippen MR) is 75.1 cm³/mol. The highest BCUT2D eigenvalue weighted by atomic mass is 35.5. The third-order valence-corrected chi connectivity index (χ3v) is 4.98. The van der Waals surface area contributed by atoms with Gasteiger partial charge < -0.3 is 5.73 Å². The maximum absolute atomic E-state index is 12.3. The second-order valence-corrected chi connectivity index (χ2v) is 7.43. The van der Waals surface area contributed by atoms with Crippen LogP contribution in [0.3, 0.4) is 0 Å². The summed E-state index contributed by atoms with van der Waals surface area (Å²) in [5.41, 5.74) is 5.65. The van der Waals surface area contributed by atoms with Crippen LogP contribution in [-0.4, -0.2) is 14.5 Å². The lowest BCUT2D eigenvalue weighted by Gasteiger charge is -2.28. The number of halogens is 1. The summed E-state index contributed by atoms with van der Waals surface area (Å²) in [7, 11) is -3.71. The van der Waals surface area contributed by atoms with Crippen molar-refractivity contribution in [2.75, 3.05) is 5.73 Å². The molecule has 0 aliphatic rings. The molecule has 1 aromatic rings. The standard InChI is InChI=1S/C12H19ClN2O2S/c1-8(12(2,3)4)15-18(16,17)11-9(13)6-5-7-10(11)14/h5-8,15H,14H2,1-4H3. The van der Waals surface area contributed by atoms with Gasteiger partial charge in [0.1, 0.15) is 4.90 Å². The molecule has 0 aliphatic carbocycles. The van der Waals surface area contributed by atoms with Gasteiger partial charge in [-0.1, -0.05) is 38.4 Å². The molecule has 0 fully saturated rings. The van der Waals surface area contributed by atoms with Crippen LogP contribution in [0.25, 0.3) is 0 Å². The highest BCUT2D eigenvalue weighted by molar-refractivity contribution is 7.89. The molecule has 18 heavy (non-hydrogen) atoms. The first-order valence-corrected chi connectivity index (χ1v) is 7.48. The molecular weight excluding hydrogens is 272 g/mol. The lowest BCUT2D eigenvalue weighted by Crippen LogP contribution is -2.41. The number of nitrogens with one attached hydrogen (secondary N) is 1. The van der Waals surface area contributed by atoms with Crippen molar-refractivity contribution in [1.29, 1.82) is 0 Å². The zero-order valence-electron chi connectivity index (χ0n) is 11.0. The molecule has 0 spiro atoms. The molecule has 0 aliphatic heterocycles. The van der Waals surface area contributed by atoms with E-state index in [-0.39, 0.29) is 27.1 Å². The number of rotatable bonds is 3. The molecule has 4 nitrogen and oxygen atoms in total. The Balaban J connectivity index is 3.16. The molecule has 0 radical (unpaired) electrons. The monoisotopic (exact) mass is 290 g/mol. The zero-order chi connectivity index (χ0) is 14.1. The number of nitrogens with two attached hydrogens (primary N) is 1. The van der Waals surface area contributed by atoms with Crippen molar-refractivity contribution in [3.05, 3.63) is 23.2 Å². The van der Waals surface area contributed by atoms with Crippen molar-refractivity contribution in [3.8, 4) is 0 Å². The third kappa shape index (κ3) is 3.37. The molecule has 0 aromatic heterocycles. The second kappa shape index (κ2) is 5.07. The molecule has 0 amide bonds. The largest absolute Gasteiger partial charge is 0.398 e. The van der Waals surface area contributed by atoms with Gasteiger partial charge in [-0.05, 0) is 24.5 Å². The Morgan fingerprint density at radius 2 is 1.89 bits per heavy atom. The zero-order valence-corrected chi connectivity index (χ0v) is 12.6. The highest BCUT2D eigenvalue weighted by Crippen LogP contribution is 2.28. The molecule has 1 unspecified atom stereocenters. The van der Waals surface area contributed by atoms with Crippen molar-refractivity contribution in [1.82, 2.24) is 4.72 Å². The Labute approximate surface area is 114 Å². The van der Waals surface area contributed by atoms with Gasteiger partial charge in [0.25, 0.3) is 0 Å². The van der Waals surface area contributed by atoms with Crippen LogP contribution in [0, 0.1) is 5.41 Å². The highest BCUT2D eigenvalue weighted by Gasteiger charge is 2.28. The summed E-state index contributed by atoms with van der Waals surface area (Å²) in [5, 5.41) is 0.128. The lowest BCUT2D eigenvalue weighted by atomic mass is 9.89. The number of sulfonamides is 1. The van der Waals surface area contributed by atoms with Crippen molar-refractivity contribution in [2.45, 2.75) is 38.6 Å². The van der Waals surface area contributed by atoms with Crippen molar-refractivity contribution < 1.29 is 8.42 Å². The summed E-state index contributed by atoms with van der Waals surface area (Å²) in [4.78, 5) is -0.0530. The molecular formula is C12H19ClN2O2S. The molecule has 102 valence electrons.